The molecule has 1 fully saturated rings. The first-order valence-corrected chi connectivity index (χ1v) is 6.94. The summed E-state index contributed by atoms with van der Waals surface area (Å²) in [7, 11) is 0. The van der Waals surface area contributed by atoms with Gasteiger partial charge < -0.3 is 5.32 Å². The minimum absolute atomic E-state index is 0.0954. The summed E-state index contributed by atoms with van der Waals surface area (Å²) < 4.78 is 0. The molecular weight excluding hydrogens is 236 g/mol. The highest BCUT2D eigenvalue weighted by Crippen LogP contribution is 2.27. The maximum absolute atomic E-state index is 11.6. The molecule has 1 aliphatic heterocycles. The zero-order valence-corrected chi connectivity index (χ0v) is 11.3. The van der Waals surface area contributed by atoms with Crippen LogP contribution in [-0.4, -0.2) is 37.0 Å². The van der Waals surface area contributed by atoms with Crippen LogP contribution in [0.4, 0.5) is 0 Å². The van der Waals surface area contributed by atoms with Gasteiger partial charge in [-0.05, 0) is 37.4 Å². The molecule has 3 nitrogen and oxygen atoms in total. The maximum Gasteiger partial charge on any atom is 0.234 e. The van der Waals surface area contributed by atoms with E-state index >= 15 is 0 Å². The average molecular weight is 258 g/mol. The molecule has 0 unspecified atom stereocenters. The Morgan fingerprint density at radius 2 is 2.00 bits per heavy atom. The van der Waals surface area contributed by atoms with Crippen molar-refractivity contribution >= 4 is 5.91 Å². The lowest BCUT2D eigenvalue weighted by molar-refractivity contribution is -0.122. The second-order valence-electron chi connectivity index (χ2n) is 5.05. The first-order valence-electron chi connectivity index (χ1n) is 6.94. The molecule has 0 saturated carbocycles. The van der Waals surface area contributed by atoms with Gasteiger partial charge in [0.05, 0.1) is 6.54 Å². The van der Waals surface area contributed by atoms with Gasteiger partial charge in [0.15, 0.2) is 0 Å². The smallest absolute Gasteiger partial charge is 0.234 e. The lowest BCUT2D eigenvalue weighted by Crippen LogP contribution is -2.41. The van der Waals surface area contributed by atoms with Gasteiger partial charge in [-0.25, -0.2) is 0 Å². The summed E-state index contributed by atoms with van der Waals surface area (Å²) in [4.78, 5) is 13.9. The number of carbonyl (C=O) groups excluding carboxylic acids is 1. The molecule has 1 saturated heterocycles. The minimum atomic E-state index is 0.0954. The molecule has 0 aromatic heterocycles. The lowest BCUT2D eigenvalue weighted by Gasteiger charge is -2.31. The van der Waals surface area contributed by atoms with Gasteiger partial charge in [0.2, 0.25) is 5.91 Å². The Morgan fingerprint density at radius 3 is 2.63 bits per heavy atom. The predicted octanol–water partition coefficient (Wildman–Crippen LogP) is 2.17. The molecule has 0 atom stereocenters. The topological polar surface area (TPSA) is 32.3 Å². The summed E-state index contributed by atoms with van der Waals surface area (Å²) in [6.45, 7) is 6.66. The Labute approximate surface area is 115 Å². The summed E-state index contributed by atoms with van der Waals surface area (Å²) in [5.74, 6) is 0.742. The van der Waals surface area contributed by atoms with Gasteiger partial charge in [0.1, 0.15) is 0 Å². The molecule has 1 aromatic rings. The Morgan fingerprint density at radius 1 is 1.32 bits per heavy atom. The van der Waals surface area contributed by atoms with Crippen molar-refractivity contribution in [1.82, 2.24) is 10.2 Å². The van der Waals surface area contributed by atoms with Crippen LogP contribution in [0, 0.1) is 0 Å². The highest BCUT2D eigenvalue weighted by atomic mass is 16.2. The Hall–Kier alpha value is -1.61. The monoisotopic (exact) mass is 258 g/mol. The second-order valence-corrected chi connectivity index (χ2v) is 5.05. The highest BCUT2D eigenvalue weighted by molar-refractivity contribution is 5.78. The Kier molecular flexibility index (Phi) is 5.16. The highest BCUT2D eigenvalue weighted by Gasteiger charge is 2.21. The Balaban J connectivity index is 1.76. The third-order valence-corrected chi connectivity index (χ3v) is 3.67. The standard InChI is InChI=1S/C16H22N2O/c1-2-10-17-16(19)13-18-11-8-15(9-12-18)14-6-4-3-5-7-14/h2-7,15H,1,8-13H2,(H,17,19). The van der Waals surface area contributed by atoms with E-state index in [1.807, 2.05) is 0 Å². The van der Waals surface area contributed by atoms with E-state index in [9.17, 15) is 4.79 Å². The van der Waals surface area contributed by atoms with Crippen molar-refractivity contribution in [2.24, 2.45) is 0 Å². The minimum Gasteiger partial charge on any atom is -0.352 e. The quantitative estimate of drug-likeness (QED) is 0.821. The largest absolute Gasteiger partial charge is 0.352 e. The fourth-order valence-electron chi connectivity index (χ4n) is 2.59. The molecule has 0 radical (unpaired) electrons. The van der Waals surface area contributed by atoms with Crippen molar-refractivity contribution in [3.63, 3.8) is 0 Å². The van der Waals surface area contributed by atoms with Crippen LogP contribution in [0.3, 0.4) is 0 Å². The van der Waals surface area contributed by atoms with Crippen molar-refractivity contribution in [2.45, 2.75) is 18.8 Å². The van der Waals surface area contributed by atoms with Crippen LogP contribution in [0.5, 0.6) is 0 Å². The molecule has 0 spiro atoms. The number of nitrogens with one attached hydrogen (secondary N) is 1. The van der Waals surface area contributed by atoms with Crippen molar-refractivity contribution in [2.75, 3.05) is 26.2 Å². The Bertz CT molecular complexity index is 408. The number of benzene rings is 1. The van der Waals surface area contributed by atoms with Gasteiger partial charge >= 0.3 is 0 Å². The number of piperidine rings is 1. The predicted molar refractivity (Wildman–Crippen MR) is 78.1 cm³/mol. The third kappa shape index (κ3) is 4.21. The number of carbonyl (C=O) groups is 1. The summed E-state index contributed by atoms with van der Waals surface area (Å²) in [5.41, 5.74) is 1.43. The molecule has 2 rings (SSSR count). The number of hydrogen-bond acceptors (Lipinski definition) is 2. The van der Waals surface area contributed by atoms with Crippen LogP contribution in [-0.2, 0) is 4.79 Å². The van der Waals surface area contributed by atoms with Crippen LogP contribution in [0.15, 0.2) is 43.0 Å². The molecule has 0 bridgehead atoms. The van der Waals surface area contributed by atoms with Gasteiger partial charge in [-0.3, -0.25) is 9.69 Å². The summed E-state index contributed by atoms with van der Waals surface area (Å²) in [6.07, 6.45) is 3.98. The number of hydrogen-bond donors (Lipinski definition) is 1. The van der Waals surface area contributed by atoms with Crippen molar-refractivity contribution in [3.8, 4) is 0 Å². The number of likely N-dealkylation sites (tertiary alicyclic amines) is 1. The van der Waals surface area contributed by atoms with E-state index < -0.39 is 0 Å². The summed E-state index contributed by atoms with van der Waals surface area (Å²) in [6, 6.07) is 10.7. The molecule has 102 valence electrons. The van der Waals surface area contributed by atoms with E-state index in [0.29, 0.717) is 19.0 Å². The zero-order chi connectivity index (χ0) is 13.5. The van der Waals surface area contributed by atoms with E-state index in [1.54, 1.807) is 6.08 Å². The van der Waals surface area contributed by atoms with Gasteiger partial charge in [0.25, 0.3) is 0 Å². The number of rotatable bonds is 5. The molecule has 1 amide bonds. The van der Waals surface area contributed by atoms with Crippen LogP contribution < -0.4 is 5.32 Å². The van der Waals surface area contributed by atoms with E-state index in [2.05, 4.69) is 47.1 Å². The average Bonchev–Trinajstić information content (AvgIpc) is 2.47. The van der Waals surface area contributed by atoms with E-state index in [4.69, 9.17) is 0 Å². The first kappa shape index (κ1) is 13.8. The van der Waals surface area contributed by atoms with Gasteiger partial charge in [0, 0.05) is 6.54 Å². The molecule has 19 heavy (non-hydrogen) atoms. The van der Waals surface area contributed by atoms with Crippen molar-refractivity contribution in [3.05, 3.63) is 48.6 Å². The first-order chi connectivity index (χ1) is 9.29. The SMILES string of the molecule is C=CCNC(=O)CN1CCC(c2ccccc2)CC1. The van der Waals surface area contributed by atoms with E-state index in [-0.39, 0.29) is 5.91 Å². The summed E-state index contributed by atoms with van der Waals surface area (Å²) >= 11 is 0. The molecule has 3 heteroatoms. The molecule has 0 aliphatic carbocycles. The second kappa shape index (κ2) is 7.10. The van der Waals surface area contributed by atoms with Crippen LogP contribution in [0.25, 0.3) is 0 Å². The fourth-order valence-corrected chi connectivity index (χ4v) is 2.59. The van der Waals surface area contributed by atoms with E-state index in [0.717, 1.165) is 25.9 Å². The van der Waals surface area contributed by atoms with Crippen LogP contribution >= 0.6 is 0 Å². The number of amides is 1. The molecule has 1 N–H and O–H groups in total. The van der Waals surface area contributed by atoms with Gasteiger partial charge in [-0.15, -0.1) is 6.58 Å². The fraction of sp³-hybridized carbons (Fsp3) is 0.438. The summed E-state index contributed by atoms with van der Waals surface area (Å²) in [5, 5.41) is 2.82. The van der Waals surface area contributed by atoms with Crippen molar-refractivity contribution in [1.29, 1.82) is 0 Å². The van der Waals surface area contributed by atoms with Crippen LogP contribution in [0.2, 0.25) is 0 Å². The third-order valence-electron chi connectivity index (χ3n) is 3.67. The maximum atomic E-state index is 11.6. The molecule has 1 aromatic carbocycles. The number of nitrogens with zero attached hydrogens (tertiary/aromatic N) is 1. The van der Waals surface area contributed by atoms with Gasteiger partial charge in [-0.1, -0.05) is 36.4 Å². The molecular formula is C16H22N2O. The lowest BCUT2D eigenvalue weighted by atomic mass is 9.89. The molecule has 1 aliphatic rings. The zero-order valence-electron chi connectivity index (χ0n) is 11.3. The van der Waals surface area contributed by atoms with Gasteiger partial charge in [-0.2, -0.15) is 0 Å². The van der Waals surface area contributed by atoms with E-state index in [1.165, 1.54) is 5.56 Å². The van der Waals surface area contributed by atoms with Crippen molar-refractivity contribution < 1.29 is 4.79 Å². The molecule has 1 heterocycles. The van der Waals surface area contributed by atoms with Crippen LogP contribution in [0.1, 0.15) is 24.3 Å². The normalized spacial score (nSPS) is 17.1.